The van der Waals surface area contributed by atoms with Crippen LogP contribution in [0.5, 0.6) is 11.5 Å². The van der Waals surface area contributed by atoms with Gasteiger partial charge < -0.3 is 14.8 Å². The van der Waals surface area contributed by atoms with Crippen LogP contribution in [-0.2, 0) is 5.41 Å². The van der Waals surface area contributed by atoms with Crippen LogP contribution in [0.3, 0.4) is 0 Å². The van der Waals surface area contributed by atoms with E-state index in [0.29, 0.717) is 0 Å². The van der Waals surface area contributed by atoms with Crippen molar-refractivity contribution < 1.29 is 9.47 Å². The number of nitrogens with one attached hydrogen (secondary N) is 1. The number of hydrogen-bond donors (Lipinski definition) is 1. The number of hydrogen-bond acceptors (Lipinski definition) is 3. The SMILES string of the molecule is CCC1CC1(CNC(C)(C)C)c1ccc(OC)c(OC)c1. The molecular weight excluding hydrogens is 262 g/mol. The van der Waals surface area contributed by atoms with Crippen molar-refractivity contribution in [1.29, 1.82) is 0 Å². The molecule has 1 N–H and O–H groups in total. The fourth-order valence-corrected chi connectivity index (χ4v) is 3.16. The molecule has 0 aliphatic heterocycles. The third-order valence-corrected chi connectivity index (χ3v) is 4.62. The molecule has 3 heteroatoms. The van der Waals surface area contributed by atoms with E-state index in [1.54, 1.807) is 14.2 Å². The number of methoxy groups -OCH3 is 2. The minimum absolute atomic E-state index is 0.143. The van der Waals surface area contributed by atoms with E-state index in [0.717, 1.165) is 24.0 Å². The molecule has 0 bridgehead atoms. The Hall–Kier alpha value is -1.22. The molecule has 0 aromatic heterocycles. The summed E-state index contributed by atoms with van der Waals surface area (Å²) in [6.45, 7) is 9.96. The molecule has 118 valence electrons. The molecule has 1 fully saturated rings. The van der Waals surface area contributed by atoms with Crippen molar-refractivity contribution in [3.05, 3.63) is 23.8 Å². The average Bonchev–Trinajstić information content (AvgIpc) is 3.18. The van der Waals surface area contributed by atoms with Crippen molar-refractivity contribution in [1.82, 2.24) is 5.32 Å². The minimum Gasteiger partial charge on any atom is -0.493 e. The summed E-state index contributed by atoms with van der Waals surface area (Å²) < 4.78 is 10.8. The van der Waals surface area contributed by atoms with Crippen LogP contribution in [-0.4, -0.2) is 26.3 Å². The maximum atomic E-state index is 5.47. The minimum atomic E-state index is 0.143. The molecule has 1 aromatic rings. The van der Waals surface area contributed by atoms with Gasteiger partial charge in [-0.05, 0) is 50.8 Å². The maximum absolute atomic E-state index is 5.47. The zero-order valence-corrected chi connectivity index (χ0v) is 14.2. The van der Waals surface area contributed by atoms with Crippen LogP contribution >= 0.6 is 0 Å². The third kappa shape index (κ3) is 3.34. The van der Waals surface area contributed by atoms with Crippen LogP contribution in [0.1, 0.15) is 46.1 Å². The lowest BCUT2D eigenvalue weighted by Gasteiger charge is -2.27. The van der Waals surface area contributed by atoms with E-state index in [1.165, 1.54) is 18.4 Å². The lowest BCUT2D eigenvalue weighted by molar-refractivity contribution is 0.352. The summed E-state index contributed by atoms with van der Waals surface area (Å²) in [5, 5.41) is 3.68. The molecule has 21 heavy (non-hydrogen) atoms. The lowest BCUT2D eigenvalue weighted by Crippen LogP contribution is -2.41. The van der Waals surface area contributed by atoms with Gasteiger partial charge in [0.1, 0.15) is 0 Å². The molecule has 2 atom stereocenters. The topological polar surface area (TPSA) is 30.5 Å². The third-order valence-electron chi connectivity index (χ3n) is 4.62. The highest BCUT2D eigenvalue weighted by Gasteiger charge is 2.54. The Morgan fingerprint density at radius 3 is 2.33 bits per heavy atom. The van der Waals surface area contributed by atoms with Gasteiger partial charge in [0.05, 0.1) is 14.2 Å². The van der Waals surface area contributed by atoms with E-state index < -0.39 is 0 Å². The maximum Gasteiger partial charge on any atom is 0.161 e. The molecule has 1 aliphatic carbocycles. The van der Waals surface area contributed by atoms with Crippen LogP contribution in [0, 0.1) is 5.92 Å². The first-order valence-electron chi connectivity index (χ1n) is 7.84. The quantitative estimate of drug-likeness (QED) is 0.865. The van der Waals surface area contributed by atoms with Crippen LogP contribution in [0.15, 0.2) is 18.2 Å². The second-order valence-electron chi connectivity index (χ2n) is 7.14. The number of benzene rings is 1. The highest BCUT2D eigenvalue weighted by molar-refractivity contribution is 5.47. The van der Waals surface area contributed by atoms with Gasteiger partial charge in [0.15, 0.2) is 11.5 Å². The highest BCUT2D eigenvalue weighted by Crippen LogP contribution is 2.56. The van der Waals surface area contributed by atoms with Crippen molar-refractivity contribution in [3.8, 4) is 11.5 Å². The van der Waals surface area contributed by atoms with Crippen molar-refractivity contribution >= 4 is 0 Å². The van der Waals surface area contributed by atoms with Crippen LogP contribution in [0.25, 0.3) is 0 Å². The van der Waals surface area contributed by atoms with Gasteiger partial charge in [-0.1, -0.05) is 19.4 Å². The zero-order chi connectivity index (χ0) is 15.7. The smallest absolute Gasteiger partial charge is 0.161 e. The predicted octanol–water partition coefficient (Wildman–Crippen LogP) is 3.76. The Balaban J connectivity index is 2.27. The Kier molecular flexibility index (Phi) is 4.52. The average molecular weight is 291 g/mol. The summed E-state index contributed by atoms with van der Waals surface area (Å²) in [5.74, 6) is 2.38. The van der Waals surface area contributed by atoms with Crippen LogP contribution in [0.2, 0.25) is 0 Å². The lowest BCUT2D eigenvalue weighted by atomic mass is 9.90. The molecule has 3 nitrogen and oxygen atoms in total. The van der Waals surface area contributed by atoms with Gasteiger partial charge >= 0.3 is 0 Å². The van der Waals surface area contributed by atoms with Crippen molar-refractivity contribution in [3.63, 3.8) is 0 Å². The second kappa shape index (κ2) is 5.88. The van der Waals surface area contributed by atoms with Gasteiger partial charge in [-0.3, -0.25) is 0 Å². The predicted molar refractivity (Wildman–Crippen MR) is 87.4 cm³/mol. The standard InChI is InChI=1S/C18H29NO2/c1-7-13-11-18(13,12-19-17(2,3)4)14-8-9-15(20-5)16(10-14)21-6/h8-10,13,19H,7,11-12H2,1-6H3. The molecular formula is C18H29NO2. The first-order valence-corrected chi connectivity index (χ1v) is 7.84. The molecule has 0 saturated heterocycles. The molecule has 0 spiro atoms. The fourth-order valence-electron chi connectivity index (χ4n) is 3.16. The summed E-state index contributed by atoms with van der Waals surface area (Å²) >= 11 is 0. The van der Waals surface area contributed by atoms with Crippen LogP contribution in [0.4, 0.5) is 0 Å². The highest BCUT2D eigenvalue weighted by atomic mass is 16.5. The molecule has 1 aromatic carbocycles. The van der Waals surface area contributed by atoms with E-state index in [1.807, 2.05) is 6.07 Å². The number of rotatable bonds is 6. The van der Waals surface area contributed by atoms with E-state index in [4.69, 9.17) is 9.47 Å². The van der Waals surface area contributed by atoms with E-state index in [2.05, 4.69) is 45.1 Å². The van der Waals surface area contributed by atoms with E-state index >= 15 is 0 Å². The van der Waals surface area contributed by atoms with Gasteiger partial charge in [-0.25, -0.2) is 0 Å². The summed E-state index contributed by atoms with van der Waals surface area (Å²) in [5.41, 5.74) is 1.76. The molecule has 1 saturated carbocycles. The van der Waals surface area contributed by atoms with Gasteiger partial charge in [-0.2, -0.15) is 0 Å². The summed E-state index contributed by atoms with van der Waals surface area (Å²) in [7, 11) is 3.38. The Morgan fingerprint density at radius 1 is 1.19 bits per heavy atom. The molecule has 1 aliphatic rings. The molecule has 0 radical (unpaired) electrons. The molecule has 0 heterocycles. The number of ether oxygens (including phenoxy) is 2. The van der Waals surface area contributed by atoms with E-state index in [9.17, 15) is 0 Å². The normalized spacial score (nSPS) is 24.8. The van der Waals surface area contributed by atoms with Gasteiger partial charge in [0.2, 0.25) is 0 Å². The fraction of sp³-hybridized carbons (Fsp3) is 0.667. The van der Waals surface area contributed by atoms with E-state index in [-0.39, 0.29) is 11.0 Å². The summed E-state index contributed by atoms with van der Waals surface area (Å²) in [6.07, 6.45) is 2.47. The Labute approximate surface area is 129 Å². The van der Waals surface area contributed by atoms with Crippen molar-refractivity contribution in [2.45, 2.75) is 51.5 Å². The Morgan fingerprint density at radius 2 is 1.86 bits per heavy atom. The summed E-state index contributed by atoms with van der Waals surface area (Å²) in [4.78, 5) is 0. The van der Waals surface area contributed by atoms with Crippen LogP contribution < -0.4 is 14.8 Å². The largest absolute Gasteiger partial charge is 0.493 e. The molecule has 2 unspecified atom stereocenters. The first-order chi connectivity index (χ1) is 9.86. The second-order valence-corrected chi connectivity index (χ2v) is 7.14. The zero-order valence-electron chi connectivity index (χ0n) is 14.2. The molecule has 0 amide bonds. The first kappa shape index (κ1) is 16.2. The molecule has 2 rings (SSSR count). The summed E-state index contributed by atoms with van der Waals surface area (Å²) in [6, 6.07) is 6.37. The van der Waals surface area contributed by atoms with Crippen molar-refractivity contribution in [2.75, 3.05) is 20.8 Å². The van der Waals surface area contributed by atoms with Gasteiger partial charge in [-0.15, -0.1) is 0 Å². The van der Waals surface area contributed by atoms with Gasteiger partial charge in [0, 0.05) is 17.5 Å². The van der Waals surface area contributed by atoms with Crippen molar-refractivity contribution in [2.24, 2.45) is 5.92 Å². The Bertz CT molecular complexity index is 492. The monoisotopic (exact) mass is 291 g/mol. The van der Waals surface area contributed by atoms with Gasteiger partial charge in [0.25, 0.3) is 0 Å².